The first-order valence-electron chi connectivity index (χ1n) is 9.69. The highest BCUT2D eigenvalue weighted by molar-refractivity contribution is 7.92. The molecule has 0 saturated heterocycles. The fraction of sp³-hybridized carbons (Fsp3) is 0.632. The van der Waals surface area contributed by atoms with E-state index in [1.54, 1.807) is 20.8 Å². The minimum atomic E-state index is -3.65. The predicted octanol–water partition coefficient (Wildman–Crippen LogP) is 2.61. The van der Waals surface area contributed by atoms with E-state index in [4.69, 9.17) is 4.74 Å². The van der Waals surface area contributed by atoms with Crippen molar-refractivity contribution in [3.8, 4) is 0 Å². The van der Waals surface area contributed by atoms with Gasteiger partial charge in [0.15, 0.2) is 9.84 Å². The largest absolute Gasteiger partial charge is 0.466 e. The maximum atomic E-state index is 13.0. The number of rotatable bonds is 8. The summed E-state index contributed by atoms with van der Waals surface area (Å²) in [5.41, 5.74) is 0. The lowest BCUT2D eigenvalue weighted by Gasteiger charge is -2.27. The molecule has 0 radical (unpaired) electrons. The number of benzene rings is 1. The first-order chi connectivity index (χ1) is 13.2. The number of esters is 1. The molecule has 0 aromatic heterocycles. The van der Waals surface area contributed by atoms with Crippen LogP contribution in [0, 0.1) is 5.92 Å². The van der Waals surface area contributed by atoms with Gasteiger partial charge in [0.25, 0.3) is 0 Å². The summed E-state index contributed by atoms with van der Waals surface area (Å²) in [5, 5.41) is -0.666. The first-order valence-corrected chi connectivity index (χ1v) is 12.7. The summed E-state index contributed by atoms with van der Waals surface area (Å²) < 4.78 is 57.5. The monoisotopic (exact) mass is 431 g/mol. The van der Waals surface area contributed by atoms with Crippen LogP contribution in [0.25, 0.3) is 0 Å². The molecule has 2 atom stereocenters. The van der Waals surface area contributed by atoms with Gasteiger partial charge in [0.2, 0.25) is 10.0 Å². The molecule has 1 fully saturated rings. The summed E-state index contributed by atoms with van der Waals surface area (Å²) in [5.74, 6) is -0.751. The number of sulfonamides is 1. The maximum absolute atomic E-state index is 13.0. The third kappa shape index (κ3) is 4.75. The van der Waals surface area contributed by atoms with Crippen LogP contribution in [0.2, 0.25) is 0 Å². The van der Waals surface area contributed by atoms with Crippen LogP contribution in [0.1, 0.15) is 46.5 Å². The quantitative estimate of drug-likeness (QED) is 0.587. The van der Waals surface area contributed by atoms with Crippen LogP contribution in [0.3, 0.4) is 0 Å². The van der Waals surface area contributed by atoms with E-state index in [0.717, 1.165) is 0 Å². The number of nitrogens with zero attached hydrogens (tertiary/aromatic N) is 1. The molecule has 158 valence electrons. The molecule has 9 heteroatoms. The minimum Gasteiger partial charge on any atom is -0.466 e. The molecule has 1 aliphatic rings. The van der Waals surface area contributed by atoms with Crippen molar-refractivity contribution in [1.29, 1.82) is 0 Å². The molecular weight excluding hydrogens is 402 g/mol. The van der Waals surface area contributed by atoms with Gasteiger partial charge in [0, 0.05) is 13.1 Å². The van der Waals surface area contributed by atoms with Crippen molar-refractivity contribution in [3.05, 3.63) is 24.3 Å². The SMILES string of the molecule is CCOC(=O)[C@@H]1CCCC(S(=O)(=O)c2ccc(S(=O)(=O)N(CC)CC)cc2)C1. The number of hydrogen-bond donors (Lipinski definition) is 0. The normalized spacial score (nSPS) is 20.9. The third-order valence-corrected chi connectivity index (χ3v) is 9.48. The molecule has 0 bridgehead atoms. The van der Waals surface area contributed by atoms with E-state index in [1.165, 1.54) is 28.6 Å². The zero-order chi connectivity index (χ0) is 20.9. The number of carbonyl (C=O) groups is 1. The number of sulfone groups is 1. The smallest absolute Gasteiger partial charge is 0.308 e. The second-order valence-corrected chi connectivity index (χ2v) is 11.0. The third-order valence-electron chi connectivity index (χ3n) is 5.18. The summed E-state index contributed by atoms with van der Waals surface area (Å²) >= 11 is 0. The maximum Gasteiger partial charge on any atom is 0.308 e. The van der Waals surface area contributed by atoms with Crippen LogP contribution in [0.4, 0.5) is 0 Å². The summed E-state index contributed by atoms with van der Waals surface area (Å²) in [6.45, 7) is 6.19. The van der Waals surface area contributed by atoms with E-state index in [-0.39, 0.29) is 28.8 Å². The lowest BCUT2D eigenvalue weighted by Crippen LogP contribution is -2.32. The van der Waals surface area contributed by atoms with Crippen molar-refractivity contribution >= 4 is 25.8 Å². The molecule has 2 rings (SSSR count). The van der Waals surface area contributed by atoms with E-state index < -0.39 is 31.0 Å². The van der Waals surface area contributed by atoms with Crippen LogP contribution in [0.15, 0.2) is 34.1 Å². The van der Waals surface area contributed by atoms with Crippen LogP contribution in [0.5, 0.6) is 0 Å². The molecule has 1 aromatic carbocycles. The molecule has 1 aliphatic carbocycles. The van der Waals surface area contributed by atoms with Crippen molar-refractivity contribution in [2.45, 2.75) is 61.5 Å². The highest BCUT2D eigenvalue weighted by Gasteiger charge is 2.36. The van der Waals surface area contributed by atoms with Gasteiger partial charge in [-0.1, -0.05) is 20.3 Å². The van der Waals surface area contributed by atoms with Crippen molar-refractivity contribution in [3.63, 3.8) is 0 Å². The van der Waals surface area contributed by atoms with Crippen molar-refractivity contribution in [1.82, 2.24) is 4.31 Å². The summed E-state index contributed by atoms with van der Waals surface area (Å²) in [6.07, 6.45) is 1.99. The Morgan fingerprint density at radius 1 is 1.00 bits per heavy atom. The van der Waals surface area contributed by atoms with Crippen molar-refractivity contribution in [2.75, 3.05) is 19.7 Å². The molecule has 1 unspecified atom stereocenters. The Hall–Kier alpha value is -1.45. The Bertz CT molecular complexity index is 874. The summed E-state index contributed by atoms with van der Waals surface area (Å²) in [4.78, 5) is 12.2. The second-order valence-electron chi connectivity index (χ2n) is 6.84. The molecule has 0 heterocycles. The summed E-state index contributed by atoms with van der Waals surface area (Å²) in [6, 6.07) is 5.37. The van der Waals surface area contributed by atoms with Gasteiger partial charge in [-0.05, 0) is 50.5 Å². The molecule has 0 N–H and O–H groups in total. The Morgan fingerprint density at radius 3 is 2.11 bits per heavy atom. The van der Waals surface area contributed by atoms with Crippen LogP contribution >= 0.6 is 0 Å². The fourth-order valence-corrected chi connectivity index (χ4v) is 6.93. The number of ether oxygens (including phenoxy) is 1. The van der Waals surface area contributed by atoms with Gasteiger partial charge >= 0.3 is 5.97 Å². The Kier molecular flexibility index (Phi) is 7.64. The summed E-state index contributed by atoms with van der Waals surface area (Å²) in [7, 11) is -7.29. The number of hydrogen-bond acceptors (Lipinski definition) is 6. The predicted molar refractivity (Wildman–Crippen MR) is 106 cm³/mol. The van der Waals surface area contributed by atoms with Crippen LogP contribution in [-0.4, -0.2) is 52.1 Å². The van der Waals surface area contributed by atoms with Crippen molar-refractivity contribution in [2.24, 2.45) is 5.92 Å². The molecular formula is C19H29NO6S2. The van der Waals surface area contributed by atoms with E-state index in [0.29, 0.717) is 32.4 Å². The molecule has 7 nitrogen and oxygen atoms in total. The zero-order valence-corrected chi connectivity index (χ0v) is 18.3. The highest BCUT2D eigenvalue weighted by atomic mass is 32.2. The van der Waals surface area contributed by atoms with E-state index >= 15 is 0 Å². The van der Waals surface area contributed by atoms with E-state index in [2.05, 4.69) is 0 Å². The second kappa shape index (κ2) is 9.37. The Balaban J connectivity index is 2.23. The van der Waals surface area contributed by atoms with Gasteiger partial charge in [-0.25, -0.2) is 16.8 Å². The highest BCUT2D eigenvalue weighted by Crippen LogP contribution is 2.33. The first kappa shape index (κ1) is 22.8. The lowest BCUT2D eigenvalue weighted by atomic mass is 9.89. The standard InChI is InChI=1S/C19H29NO6S2/c1-4-20(5-2)28(24,25)17-12-10-16(11-13-17)27(22,23)18-9-7-8-15(14-18)19(21)26-6-3/h10-13,15,18H,4-9,14H2,1-3H3/t15-,18?/m1/s1. The van der Waals surface area contributed by atoms with Crippen LogP contribution in [-0.2, 0) is 29.4 Å². The minimum absolute atomic E-state index is 0.0724. The lowest BCUT2D eigenvalue weighted by molar-refractivity contribution is -0.149. The Morgan fingerprint density at radius 2 is 1.57 bits per heavy atom. The molecule has 0 spiro atoms. The van der Waals surface area contributed by atoms with Crippen molar-refractivity contribution < 1.29 is 26.4 Å². The van der Waals surface area contributed by atoms with E-state index in [1.807, 2.05) is 0 Å². The molecule has 1 saturated carbocycles. The average molecular weight is 432 g/mol. The number of carbonyl (C=O) groups excluding carboxylic acids is 1. The van der Waals surface area contributed by atoms with Gasteiger partial charge in [-0.2, -0.15) is 4.31 Å². The van der Waals surface area contributed by atoms with Gasteiger partial charge in [0.1, 0.15) is 0 Å². The van der Waals surface area contributed by atoms with Gasteiger partial charge < -0.3 is 4.74 Å². The molecule has 0 aliphatic heterocycles. The molecule has 28 heavy (non-hydrogen) atoms. The fourth-order valence-electron chi connectivity index (χ4n) is 3.61. The van der Waals surface area contributed by atoms with Gasteiger partial charge in [-0.15, -0.1) is 0 Å². The Labute approximate surface area is 168 Å². The molecule has 1 aromatic rings. The topological polar surface area (TPSA) is 97.8 Å². The molecule has 0 amide bonds. The zero-order valence-electron chi connectivity index (χ0n) is 16.6. The van der Waals surface area contributed by atoms with Gasteiger partial charge in [-0.3, -0.25) is 4.79 Å². The van der Waals surface area contributed by atoms with Crippen LogP contribution < -0.4 is 0 Å². The van der Waals surface area contributed by atoms with Gasteiger partial charge in [0.05, 0.1) is 27.6 Å². The van der Waals surface area contributed by atoms with E-state index in [9.17, 15) is 21.6 Å². The average Bonchev–Trinajstić information content (AvgIpc) is 2.69.